The number of nitrogens with two attached hydrogens (primary N) is 1. The molecule has 4 rings (SSSR count). The van der Waals surface area contributed by atoms with E-state index >= 15 is 4.39 Å². The zero-order valence-electron chi connectivity index (χ0n) is 15.8. The van der Waals surface area contributed by atoms with Crippen molar-refractivity contribution in [2.45, 2.75) is 38.3 Å². The van der Waals surface area contributed by atoms with Crippen molar-refractivity contribution >= 4 is 22.6 Å². The monoisotopic (exact) mass is 391 g/mol. The van der Waals surface area contributed by atoms with Crippen LogP contribution in [0.15, 0.2) is 17.1 Å². The normalized spacial score (nSPS) is 24.9. The standard InChI is InChI=1S/C20H23F2N3O3/c1-10-16-13(18(26)14(19(27)28)8-25(16)12-3-4-12)5-15(22)17(10)24-7-11(6-21)20(2,23)9-24/h5,8,11-12H,3-4,6-7,9,23H2,1-2H3,(H,27,28)/t11-,20+/m0/s1. The van der Waals surface area contributed by atoms with Gasteiger partial charge in [0.25, 0.3) is 0 Å². The van der Waals surface area contributed by atoms with Crippen LogP contribution in [0.3, 0.4) is 0 Å². The van der Waals surface area contributed by atoms with E-state index in [-0.39, 0.29) is 23.5 Å². The summed E-state index contributed by atoms with van der Waals surface area (Å²) in [5, 5.41) is 9.42. The minimum Gasteiger partial charge on any atom is -0.477 e. The predicted octanol–water partition coefficient (Wildman–Crippen LogP) is 2.61. The first kappa shape index (κ1) is 18.9. The number of benzene rings is 1. The van der Waals surface area contributed by atoms with Crippen molar-refractivity contribution in [1.82, 2.24) is 4.57 Å². The van der Waals surface area contributed by atoms with Gasteiger partial charge in [-0.25, -0.2) is 9.18 Å². The molecule has 1 aromatic heterocycles. The summed E-state index contributed by atoms with van der Waals surface area (Å²) in [7, 11) is 0. The van der Waals surface area contributed by atoms with E-state index in [1.165, 1.54) is 6.20 Å². The first-order chi connectivity index (χ1) is 13.2. The van der Waals surface area contributed by atoms with Crippen molar-refractivity contribution in [2.75, 3.05) is 24.7 Å². The van der Waals surface area contributed by atoms with E-state index in [4.69, 9.17) is 5.73 Å². The van der Waals surface area contributed by atoms with Gasteiger partial charge < -0.3 is 20.3 Å². The average Bonchev–Trinajstić information content (AvgIpc) is 3.39. The van der Waals surface area contributed by atoms with Gasteiger partial charge in [-0.2, -0.15) is 0 Å². The van der Waals surface area contributed by atoms with Gasteiger partial charge >= 0.3 is 5.97 Å². The minimum atomic E-state index is -1.33. The van der Waals surface area contributed by atoms with Crippen LogP contribution in [-0.2, 0) is 0 Å². The first-order valence-corrected chi connectivity index (χ1v) is 9.36. The molecular formula is C20H23F2N3O3. The van der Waals surface area contributed by atoms with Crippen LogP contribution >= 0.6 is 0 Å². The van der Waals surface area contributed by atoms with Crippen molar-refractivity contribution in [1.29, 1.82) is 0 Å². The number of hydrogen-bond donors (Lipinski definition) is 2. The number of alkyl halides is 1. The van der Waals surface area contributed by atoms with Gasteiger partial charge in [0.05, 0.1) is 17.9 Å². The van der Waals surface area contributed by atoms with E-state index in [1.807, 2.05) is 0 Å². The molecule has 1 saturated carbocycles. The fourth-order valence-electron chi connectivity index (χ4n) is 4.33. The Kier molecular flexibility index (Phi) is 4.22. The molecule has 3 N–H and O–H groups in total. The van der Waals surface area contributed by atoms with E-state index in [0.717, 1.165) is 18.9 Å². The fraction of sp³-hybridized carbons (Fsp3) is 0.500. The third-order valence-corrected chi connectivity index (χ3v) is 6.06. The summed E-state index contributed by atoms with van der Waals surface area (Å²) >= 11 is 0. The van der Waals surface area contributed by atoms with Crippen molar-refractivity contribution in [3.05, 3.63) is 39.4 Å². The fourth-order valence-corrected chi connectivity index (χ4v) is 4.33. The molecule has 2 aliphatic rings. The molecule has 2 aromatic rings. The molecule has 0 bridgehead atoms. The highest BCUT2D eigenvalue weighted by Crippen LogP contribution is 2.41. The Labute approximate surface area is 160 Å². The molecule has 8 heteroatoms. The number of halogens is 2. The molecule has 1 aliphatic heterocycles. The molecule has 0 unspecified atom stereocenters. The van der Waals surface area contributed by atoms with Crippen LogP contribution in [0.1, 0.15) is 41.7 Å². The maximum absolute atomic E-state index is 15.1. The number of aromatic nitrogens is 1. The Hall–Kier alpha value is -2.48. The minimum absolute atomic E-state index is 0.0577. The molecule has 0 spiro atoms. The number of pyridine rings is 1. The van der Waals surface area contributed by atoms with E-state index in [2.05, 4.69) is 0 Å². The maximum atomic E-state index is 15.1. The van der Waals surface area contributed by atoms with Gasteiger partial charge in [0, 0.05) is 42.2 Å². The number of hydrogen-bond acceptors (Lipinski definition) is 4. The Bertz CT molecular complexity index is 1040. The molecule has 1 aliphatic carbocycles. The van der Waals surface area contributed by atoms with Crippen molar-refractivity contribution in [3.8, 4) is 0 Å². The number of carboxylic acid groups (broad SMARTS) is 1. The number of carboxylic acids is 1. The molecule has 2 fully saturated rings. The van der Waals surface area contributed by atoms with Crippen LogP contribution in [0, 0.1) is 18.7 Å². The van der Waals surface area contributed by atoms with Gasteiger partial charge in [-0.15, -0.1) is 0 Å². The zero-order valence-corrected chi connectivity index (χ0v) is 15.8. The van der Waals surface area contributed by atoms with Crippen LogP contribution in [0.4, 0.5) is 14.5 Å². The number of carbonyl (C=O) groups is 1. The lowest BCUT2D eigenvalue weighted by Crippen LogP contribution is -2.45. The van der Waals surface area contributed by atoms with Gasteiger partial charge in [-0.1, -0.05) is 0 Å². The van der Waals surface area contributed by atoms with Crippen LogP contribution in [-0.4, -0.2) is 40.9 Å². The molecular weight excluding hydrogens is 368 g/mol. The van der Waals surface area contributed by atoms with Crippen molar-refractivity contribution in [2.24, 2.45) is 11.7 Å². The van der Waals surface area contributed by atoms with E-state index in [0.29, 0.717) is 23.3 Å². The van der Waals surface area contributed by atoms with Crippen molar-refractivity contribution < 1.29 is 18.7 Å². The number of anilines is 1. The molecule has 1 aromatic carbocycles. The molecule has 2 atom stereocenters. The van der Waals surface area contributed by atoms with E-state index in [9.17, 15) is 19.1 Å². The second-order valence-electron chi connectivity index (χ2n) is 8.28. The van der Waals surface area contributed by atoms with E-state index < -0.39 is 35.3 Å². The quantitative estimate of drug-likeness (QED) is 0.836. The Balaban J connectivity index is 1.96. The second kappa shape index (κ2) is 6.27. The van der Waals surface area contributed by atoms with Gasteiger partial charge in [0.2, 0.25) is 5.43 Å². The average molecular weight is 391 g/mol. The summed E-state index contributed by atoms with van der Waals surface area (Å²) < 4.78 is 30.3. The number of fused-ring (bicyclic) bond motifs is 1. The molecule has 1 saturated heterocycles. The zero-order chi connectivity index (χ0) is 20.4. The molecule has 150 valence electrons. The number of aryl methyl sites for hydroxylation is 1. The SMILES string of the molecule is Cc1c(N2C[C@H](CF)[C@](C)(N)C2)c(F)cc2c(=O)c(C(=O)O)cn(C3CC3)c12. The van der Waals surface area contributed by atoms with Gasteiger partial charge in [0.15, 0.2) is 0 Å². The Morgan fingerprint density at radius 3 is 2.64 bits per heavy atom. The molecule has 2 heterocycles. The van der Waals surface area contributed by atoms with Crippen LogP contribution in [0.2, 0.25) is 0 Å². The highest BCUT2D eigenvalue weighted by Gasteiger charge is 2.41. The summed E-state index contributed by atoms with van der Waals surface area (Å²) in [5.74, 6) is -2.36. The Morgan fingerprint density at radius 2 is 2.11 bits per heavy atom. The maximum Gasteiger partial charge on any atom is 0.341 e. The third-order valence-electron chi connectivity index (χ3n) is 6.06. The lowest BCUT2D eigenvalue weighted by Gasteiger charge is -2.26. The van der Waals surface area contributed by atoms with Gasteiger partial charge in [0.1, 0.15) is 11.4 Å². The summed E-state index contributed by atoms with van der Waals surface area (Å²) in [4.78, 5) is 25.9. The third kappa shape index (κ3) is 2.78. The second-order valence-corrected chi connectivity index (χ2v) is 8.28. The highest BCUT2D eigenvalue weighted by molar-refractivity contribution is 5.95. The largest absolute Gasteiger partial charge is 0.477 e. The summed E-state index contributed by atoms with van der Waals surface area (Å²) in [6, 6.07) is 1.21. The first-order valence-electron chi connectivity index (χ1n) is 9.36. The van der Waals surface area contributed by atoms with Crippen LogP contribution in [0.25, 0.3) is 10.9 Å². The molecule has 28 heavy (non-hydrogen) atoms. The number of nitrogens with zero attached hydrogens (tertiary/aromatic N) is 2. The Morgan fingerprint density at radius 1 is 1.43 bits per heavy atom. The lowest BCUT2D eigenvalue weighted by atomic mass is 9.92. The van der Waals surface area contributed by atoms with Crippen molar-refractivity contribution in [3.63, 3.8) is 0 Å². The van der Waals surface area contributed by atoms with Crippen LogP contribution in [0.5, 0.6) is 0 Å². The number of aromatic carboxylic acids is 1. The molecule has 0 amide bonds. The molecule has 0 radical (unpaired) electrons. The lowest BCUT2D eigenvalue weighted by molar-refractivity contribution is 0.0695. The highest BCUT2D eigenvalue weighted by atomic mass is 19.1. The van der Waals surface area contributed by atoms with Gasteiger partial charge in [-0.3, -0.25) is 9.18 Å². The van der Waals surface area contributed by atoms with E-state index in [1.54, 1.807) is 23.3 Å². The molecule has 6 nitrogen and oxygen atoms in total. The summed E-state index contributed by atoms with van der Waals surface area (Å²) in [6.45, 7) is 3.47. The van der Waals surface area contributed by atoms with Gasteiger partial charge in [-0.05, 0) is 38.3 Å². The predicted molar refractivity (Wildman–Crippen MR) is 102 cm³/mol. The number of rotatable bonds is 4. The summed E-state index contributed by atoms with van der Waals surface area (Å²) in [6.07, 6.45) is 3.11. The van der Waals surface area contributed by atoms with Crippen LogP contribution < -0.4 is 16.1 Å². The topological polar surface area (TPSA) is 88.6 Å². The summed E-state index contributed by atoms with van der Waals surface area (Å²) in [5.41, 5.74) is 5.76. The smallest absolute Gasteiger partial charge is 0.341 e.